The fraction of sp³-hybridized carbons (Fsp3) is 1.00. The third kappa shape index (κ3) is 0.832. The van der Waals surface area contributed by atoms with Gasteiger partial charge in [-0.05, 0) is 24.3 Å². The minimum atomic E-state index is -0.0725. The van der Waals surface area contributed by atoms with Crippen LogP contribution >= 0.6 is 0 Å². The van der Waals surface area contributed by atoms with Crippen LogP contribution in [0.2, 0.25) is 0 Å². The molecule has 0 aromatic rings. The molecule has 11 heavy (non-hydrogen) atoms. The maximum absolute atomic E-state index is 8.23. The molecule has 0 aromatic carbocycles. The molecule has 60 valence electrons. The Morgan fingerprint density at radius 2 is 2.45 bits per heavy atom. The summed E-state index contributed by atoms with van der Waals surface area (Å²) in [5, 5.41) is 3.67. The average molecular weight is 153 g/mol. The van der Waals surface area contributed by atoms with Crippen LogP contribution in [0.25, 0.3) is 10.4 Å². The molecule has 3 aliphatic rings. The molecule has 4 heteroatoms. The predicted octanol–water partition coefficient (Wildman–Crippen LogP) is 1.86. The zero-order chi connectivity index (χ0) is 7.90. The van der Waals surface area contributed by atoms with Crippen molar-refractivity contribution in [3.63, 3.8) is 0 Å². The summed E-state index contributed by atoms with van der Waals surface area (Å²) in [6.45, 7) is 2.80. The van der Waals surface area contributed by atoms with E-state index in [-0.39, 0.29) is 11.6 Å². The Hall–Kier alpha value is -0.730. The van der Waals surface area contributed by atoms with E-state index in [0.29, 0.717) is 0 Å². The van der Waals surface area contributed by atoms with E-state index in [1.54, 1.807) is 0 Å². The summed E-state index contributed by atoms with van der Waals surface area (Å²) in [7, 11) is 0. The molecule has 2 aliphatic heterocycles. The van der Waals surface area contributed by atoms with Gasteiger partial charge in [0.15, 0.2) is 0 Å². The van der Waals surface area contributed by atoms with Gasteiger partial charge in [0.2, 0.25) is 0 Å². The van der Waals surface area contributed by atoms with Crippen LogP contribution in [-0.4, -0.2) is 18.2 Å². The van der Waals surface area contributed by atoms with Crippen LogP contribution in [0.15, 0.2) is 5.11 Å². The largest absolute Gasteiger partial charge is 0.374 e. The fourth-order valence-electron chi connectivity index (χ4n) is 2.08. The second-order valence-electron chi connectivity index (χ2n) is 3.53. The number of hydrogen-bond acceptors (Lipinski definition) is 2. The number of hydrogen-bond donors (Lipinski definition) is 0. The van der Waals surface area contributed by atoms with Gasteiger partial charge in [-0.25, -0.2) is 0 Å². The van der Waals surface area contributed by atoms with Crippen molar-refractivity contribution in [2.24, 2.45) is 11.0 Å². The number of fused-ring (bicyclic) bond motifs is 1. The Morgan fingerprint density at radius 1 is 1.73 bits per heavy atom. The summed E-state index contributed by atoms with van der Waals surface area (Å²) in [6, 6.07) is 0.00579. The van der Waals surface area contributed by atoms with Crippen molar-refractivity contribution < 1.29 is 4.74 Å². The van der Waals surface area contributed by atoms with Crippen LogP contribution in [0, 0.1) is 5.92 Å². The highest BCUT2D eigenvalue weighted by molar-refractivity contribution is 5.07. The monoisotopic (exact) mass is 153 g/mol. The molecule has 1 unspecified atom stereocenters. The molecular formula is C7H11N3O. The van der Waals surface area contributed by atoms with Gasteiger partial charge in [0.1, 0.15) is 0 Å². The van der Waals surface area contributed by atoms with Crippen LogP contribution < -0.4 is 0 Å². The molecule has 1 atom stereocenters. The third-order valence-electron chi connectivity index (χ3n) is 2.86. The minimum Gasteiger partial charge on any atom is -0.374 e. The molecule has 0 aromatic heterocycles. The second kappa shape index (κ2) is 2.13. The van der Waals surface area contributed by atoms with Crippen molar-refractivity contribution in [3.8, 4) is 0 Å². The van der Waals surface area contributed by atoms with E-state index in [4.69, 9.17) is 10.3 Å². The maximum atomic E-state index is 8.23. The Kier molecular flexibility index (Phi) is 1.34. The van der Waals surface area contributed by atoms with E-state index in [1.807, 2.05) is 6.92 Å². The topological polar surface area (TPSA) is 58.0 Å². The molecule has 0 amide bonds. The predicted molar refractivity (Wildman–Crippen MR) is 40.0 cm³/mol. The molecule has 0 radical (unpaired) electrons. The van der Waals surface area contributed by atoms with E-state index < -0.39 is 0 Å². The summed E-state index contributed by atoms with van der Waals surface area (Å²) < 4.78 is 5.56. The molecule has 4 nitrogen and oxygen atoms in total. The second-order valence-corrected chi connectivity index (χ2v) is 3.53. The summed E-state index contributed by atoms with van der Waals surface area (Å²) in [4.78, 5) is 2.80. The van der Waals surface area contributed by atoms with Gasteiger partial charge in [0.25, 0.3) is 0 Å². The molecule has 2 heterocycles. The van der Waals surface area contributed by atoms with Gasteiger partial charge < -0.3 is 4.74 Å². The zero-order valence-corrected chi connectivity index (χ0v) is 6.53. The molecule has 2 saturated heterocycles. The van der Waals surface area contributed by atoms with Crippen molar-refractivity contribution in [3.05, 3.63) is 10.4 Å². The number of nitrogens with zero attached hydrogens (tertiary/aromatic N) is 3. The Labute approximate surface area is 65.2 Å². The maximum Gasteiger partial charge on any atom is 0.0771 e. The SMILES string of the molecule is CC(N=[N+]=[N-])C12CC(CO1)C2. The summed E-state index contributed by atoms with van der Waals surface area (Å²) in [5.41, 5.74) is 8.16. The number of ether oxygens (including phenoxy) is 1. The lowest BCUT2D eigenvalue weighted by Gasteiger charge is -2.38. The lowest BCUT2D eigenvalue weighted by atomic mass is 9.71. The van der Waals surface area contributed by atoms with Crippen molar-refractivity contribution in [1.29, 1.82) is 0 Å². The first kappa shape index (κ1) is 6.95. The van der Waals surface area contributed by atoms with Crippen LogP contribution in [0.3, 0.4) is 0 Å². The zero-order valence-electron chi connectivity index (χ0n) is 6.53. The Bertz CT molecular complexity index is 210. The van der Waals surface area contributed by atoms with E-state index >= 15 is 0 Å². The lowest BCUT2D eigenvalue weighted by Crippen LogP contribution is -2.45. The van der Waals surface area contributed by atoms with Crippen molar-refractivity contribution in [1.82, 2.24) is 0 Å². The van der Waals surface area contributed by atoms with Crippen LogP contribution in [0.1, 0.15) is 19.8 Å². The summed E-state index contributed by atoms with van der Waals surface area (Å²) >= 11 is 0. The highest BCUT2D eigenvalue weighted by Gasteiger charge is 2.54. The van der Waals surface area contributed by atoms with Gasteiger partial charge in [-0.1, -0.05) is 12.0 Å². The molecule has 3 rings (SSSR count). The molecule has 0 N–H and O–H groups in total. The molecular weight excluding hydrogens is 142 g/mol. The van der Waals surface area contributed by atoms with E-state index in [9.17, 15) is 0 Å². The normalized spacial score (nSPS) is 42.5. The van der Waals surface area contributed by atoms with E-state index in [1.165, 1.54) is 0 Å². The number of azide groups is 1. The van der Waals surface area contributed by atoms with Gasteiger partial charge in [-0.2, -0.15) is 0 Å². The van der Waals surface area contributed by atoms with Crippen molar-refractivity contribution >= 4 is 0 Å². The fourth-order valence-corrected chi connectivity index (χ4v) is 2.08. The van der Waals surface area contributed by atoms with Gasteiger partial charge in [-0.15, -0.1) is 0 Å². The average Bonchev–Trinajstić information content (AvgIpc) is 2.42. The first-order chi connectivity index (χ1) is 5.27. The molecule has 0 spiro atoms. The molecule has 1 aliphatic carbocycles. The quantitative estimate of drug-likeness (QED) is 0.339. The summed E-state index contributed by atoms with van der Waals surface area (Å²) in [5.74, 6) is 0.742. The van der Waals surface area contributed by atoms with E-state index in [2.05, 4.69) is 10.0 Å². The third-order valence-corrected chi connectivity index (χ3v) is 2.86. The van der Waals surface area contributed by atoms with Crippen LogP contribution in [0.5, 0.6) is 0 Å². The molecule has 3 fully saturated rings. The minimum absolute atomic E-state index is 0.00579. The van der Waals surface area contributed by atoms with Crippen LogP contribution in [-0.2, 0) is 4.74 Å². The number of rotatable bonds is 2. The van der Waals surface area contributed by atoms with Gasteiger partial charge in [0, 0.05) is 4.91 Å². The Morgan fingerprint density at radius 3 is 2.91 bits per heavy atom. The molecule has 2 bridgehead atoms. The van der Waals surface area contributed by atoms with Gasteiger partial charge >= 0.3 is 0 Å². The van der Waals surface area contributed by atoms with E-state index in [0.717, 1.165) is 25.4 Å². The smallest absolute Gasteiger partial charge is 0.0771 e. The van der Waals surface area contributed by atoms with Crippen molar-refractivity contribution in [2.75, 3.05) is 6.61 Å². The first-order valence-corrected chi connectivity index (χ1v) is 3.95. The standard InChI is InChI=1S/C7H11N3O/c1-5(9-10-8)7-2-6(3-7)4-11-7/h5-6H,2-4H2,1H3. The molecule has 1 saturated carbocycles. The highest BCUT2D eigenvalue weighted by Crippen LogP contribution is 2.51. The first-order valence-electron chi connectivity index (χ1n) is 3.95. The van der Waals surface area contributed by atoms with Gasteiger partial charge in [-0.3, -0.25) is 0 Å². The van der Waals surface area contributed by atoms with Gasteiger partial charge in [0.05, 0.1) is 18.2 Å². The highest BCUT2D eigenvalue weighted by atomic mass is 16.5. The Balaban J connectivity index is 2.09. The summed E-state index contributed by atoms with van der Waals surface area (Å²) in [6.07, 6.45) is 2.18. The lowest BCUT2D eigenvalue weighted by molar-refractivity contribution is -0.0162. The van der Waals surface area contributed by atoms with Crippen LogP contribution in [0.4, 0.5) is 0 Å². The van der Waals surface area contributed by atoms with Crippen molar-refractivity contribution in [2.45, 2.75) is 31.4 Å².